The van der Waals surface area contributed by atoms with Crippen molar-refractivity contribution >= 4 is 17.7 Å². The Labute approximate surface area is 160 Å². The lowest BCUT2D eigenvalue weighted by molar-refractivity contribution is -0.363. The van der Waals surface area contributed by atoms with Gasteiger partial charge in [0.15, 0.2) is 0 Å². The van der Waals surface area contributed by atoms with Crippen LogP contribution in [-0.4, -0.2) is 30.3 Å². The summed E-state index contributed by atoms with van der Waals surface area (Å²) in [5, 5.41) is 3.88. The predicted octanol–water partition coefficient (Wildman–Crippen LogP) is 2.78. The molecular formula is C19H21F3N3O3+. The highest BCUT2D eigenvalue weighted by Crippen LogP contribution is 2.33. The van der Waals surface area contributed by atoms with Crippen LogP contribution in [0.25, 0.3) is 0 Å². The minimum Gasteiger partial charge on any atom is -0.461 e. The van der Waals surface area contributed by atoms with Crippen LogP contribution >= 0.6 is 0 Å². The van der Waals surface area contributed by atoms with Crippen molar-refractivity contribution in [3.05, 3.63) is 59.3 Å². The maximum absolute atomic E-state index is 14.1. The van der Waals surface area contributed by atoms with Crippen LogP contribution in [0.4, 0.5) is 19.0 Å². The molecule has 0 aliphatic rings. The van der Waals surface area contributed by atoms with Gasteiger partial charge in [-0.25, -0.2) is 15.1 Å². The van der Waals surface area contributed by atoms with Gasteiger partial charge in [-0.3, -0.25) is 10.1 Å². The van der Waals surface area contributed by atoms with Crippen LogP contribution in [0.2, 0.25) is 0 Å². The monoisotopic (exact) mass is 396 g/mol. The average Bonchev–Trinajstić information content (AvgIpc) is 2.60. The molecule has 0 aliphatic heterocycles. The Balaban J connectivity index is 2.52. The van der Waals surface area contributed by atoms with Crippen LogP contribution in [-0.2, 0) is 9.53 Å². The lowest BCUT2D eigenvalue weighted by Crippen LogP contribution is -2.69. The molecule has 1 atom stereocenters. The second-order valence-electron chi connectivity index (χ2n) is 6.20. The Hall–Kier alpha value is -3.10. The molecule has 1 heterocycles. The van der Waals surface area contributed by atoms with Gasteiger partial charge in [-0.2, -0.15) is 13.2 Å². The number of aromatic amines is 1. The number of aryl methyl sites for hydroxylation is 2. The summed E-state index contributed by atoms with van der Waals surface area (Å²) in [4.78, 5) is 27.5. The number of H-pyrrole nitrogens is 1. The smallest absolute Gasteiger partial charge is 0.461 e. The van der Waals surface area contributed by atoms with Gasteiger partial charge >= 0.3 is 17.8 Å². The number of hydrogen-bond acceptors (Lipinski definition) is 4. The number of pyridine rings is 1. The molecule has 0 saturated heterocycles. The Bertz CT molecular complexity index is 871. The number of rotatable bonds is 6. The summed E-state index contributed by atoms with van der Waals surface area (Å²) >= 11 is 0. The van der Waals surface area contributed by atoms with E-state index >= 15 is 0 Å². The van der Waals surface area contributed by atoms with Crippen molar-refractivity contribution in [1.82, 2.24) is 5.32 Å². The van der Waals surface area contributed by atoms with Gasteiger partial charge in [0.05, 0.1) is 12.8 Å². The van der Waals surface area contributed by atoms with Gasteiger partial charge in [0.2, 0.25) is 0 Å². The van der Waals surface area contributed by atoms with Crippen molar-refractivity contribution in [3.63, 3.8) is 0 Å². The van der Waals surface area contributed by atoms with E-state index in [4.69, 9.17) is 0 Å². The lowest BCUT2D eigenvalue weighted by atomic mass is 10.1. The molecule has 0 unspecified atom stereocenters. The fraction of sp³-hybridized carbons (Fsp3) is 0.316. The topological polar surface area (TPSA) is 81.6 Å². The first-order chi connectivity index (χ1) is 13.1. The minimum absolute atomic E-state index is 0.0204. The third kappa shape index (κ3) is 4.59. The number of carbonyl (C=O) groups excluding carboxylic acids is 2. The average molecular weight is 396 g/mol. The second-order valence-corrected chi connectivity index (χ2v) is 6.20. The van der Waals surface area contributed by atoms with Crippen molar-refractivity contribution in [2.45, 2.75) is 32.6 Å². The quantitative estimate of drug-likeness (QED) is 0.581. The van der Waals surface area contributed by atoms with Crippen molar-refractivity contribution in [2.75, 3.05) is 11.9 Å². The fourth-order valence-corrected chi connectivity index (χ4v) is 2.51. The van der Waals surface area contributed by atoms with Crippen molar-refractivity contribution in [3.8, 4) is 0 Å². The molecule has 0 saturated carbocycles. The zero-order valence-electron chi connectivity index (χ0n) is 15.6. The number of aromatic nitrogens is 1. The summed E-state index contributed by atoms with van der Waals surface area (Å²) in [5.74, 6) is -2.86. The van der Waals surface area contributed by atoms with E-state index in [0.717, 1.165) is 0 Å². The number of benzene rings is 1. The summed E-state index contributed by atoms with van der Waals surface area (Å²) in [6, 6.07) is 9.01. The molecule has 0 radical (unpaired) electrons. The summed E-state index contributed by atoms with van der Waals surface area (Å²) < 4.78 is 46.9. The molecule has 1 amide bonds. The van der Waals surface area contributed by atoms with Gasteiger partial charge in [-0.15, -0.1) is 0 Å². The van der Waals surface area contributed by atoms with Crippen molar-refractivity contribution in [2.24, 2.45) is 0 Å². The van der Waals surface area contributed by atoms with Gasteiger partial charge in [0.1, 0.15) is 0 Å². The second kappa shape index (κ2) is 8.28. The first-order valence-electron chi connectivity index (χ1n) is 8.48. The molecule has 0 fully saturated rings. The third-order valence-electron chi connectivity index (χ3n) is 3.87. The molecule has 0 aliphatic carbocycles. The Morgan fingerprint density at radius 3 is 2.36 bits per heavy atom. The number of esters is 1. The molecule has 2 aromatic rings. The van der Waals surface area contributed by atoms with E-state index in [9.17, 15) is 22.8 Å². The summed E-state index contributed by atoms with van der Waals surface area (Å²) in [5.41, 5.74) is -2.17. The molecule has 6 nitrogen and oxygen atoms in total. The van der Waals surface area contributed by atoms with Crippen LogP contribution < -0.4 is 15.6 Å². The number of ether oxygens (including phenoxy) is 1. The van der Waals surface area contributed by atoms with Crippen molar-refractivity contribution in [1.29, 1.82) is 0 Å². The van der Waals surface area contributed by atoms with Crippen molar-refractivity contribution < 1.29 is 32.5 Å². The van der Waals surface area contributed by atoms with E-state index in [2.05, 4.69) is 15.0 Å². The number of alkyl halides is 3. The zero-order valence-corrected chi connectivity index (χ0v) is 15.6. The number of halogens is 3. The van der Waals surface area contributed by atoms with Gasteiger partial charge in [-0.05, 0) is 44.5 Å². The fourth-order valence-electron chi connectivity index (χ4n) is 2.51. The molecule has 1 aromatic heterocycles. The first kappa shape index (κ1) is 21.2. The predicted molar refractivity (Wildman–Crippen MR) is 95.4 cm³/mol. The van der Waals surface area contributed by atoms with E-state index in [1.807, 2.05) is 0 Å². The highest BCUT2D eigenvalue weighted by molar-refractivity contribution is 5.99. The third-order valence-corrected chi connectivity index (χ3v) is 3.87. The Morgan fingerprint density at radius 1 is 1.11 bits per heavy atom. The maximum Gasteiger partial charge on any atom is 0.464 e. The molecule has 2 rings (SSSR count). The molecule has 3 N–H and O–H groups in total. The highest BCUT2D eigenvalue weighted by atomic mass is 19.4. The van der Waals surface area contributed by atoms with E-state index in [-0.39, 0.29) is 18.0 Å². The molecule has 150 valence electrons. The molecule has 0 bridgehead atoms. The van der Waals surface area contributed by atoms with Crippen LogP contribution in [0.1, 0.15) is 28.4 Å². The summed E-state index contributed by atoms with van der Waals surface area (Å²) in [6.07, 6.45) is -3.79. The zero-order chi connectivity index (χ0) is 20.9. The number of amides is 1. The van der Waals surface area contributed by atoms with Gasteiger partial charge in [0, 0.05) is 11.6 Å². The number of carbonyl (C=O) groups is 2. The molecule has 28 heavy (non-hydrogen) atoms. The van der Waals surface area contributed by atoms with Crippen LogP contribution in [0.5, 0.6) is 0 Å². The van der Waals surface area contributed by atoms with E-state index in [1.54, 1.807) is 31.3 Å². The molecule has 1 aromatic carbocycles. The van der Waals surface area contributed by atoms with E-state index < -0.39 is 23.7 Å². The molecule has 0 spiro atoms. The lowest BCUT2D eigenvalue weighted by Gasteiger charge is -2.30. The highest BCUT2D eigenvalue weighted by Gasteiger charge is 2.68. The normalized spacial score (nSPS) is 13.4. The Morgan fingerprint density at radius 2 is 1.79 bits per heavy atom. The number of nitrogens with one attached hydrogen (secondary N) is 3. The SMILES string of the molecule is CCOC(=O)[C@](NC(=O)c1cccc(C)c1)(Nc1cc(C)cc[nH+]1)C(F)(F)F. The number of anilines is 1. The van der Waals surface area contributed by atoms with Crippen LogP contribution in [0.15, 0.2) is 42.6 Å². The minimum atomic E-state index is -5.20. The van der Waals surface area contributed by atoms with Gasteiger partial charge < -0.3 is 4.74 Å². The van der Waals surface area contributed by atoms with Crippen LogP contribution in [0.3, 0.4) is 0 Å². The van der Waals surface area contributed by atoms with Gasteiger partial charge in [-0.1, -0.05) is 17.7 Å². The summed E-state index contributed by atoms with van der Waals surface area (Å²) in [7, 11) is 0. The Kier molecular flexibility index (Phi) is 6.27. The largest absolute Gasteiger partial charge is 0.464 e. The summed E-state index contributed by atoms with van der Waals surface area (Å²) in [6.45, 7) is 4.44. The molecular weight excluding hydrogens is 375 g/mol. The van der Waals surface area contributed by atoms with E-state index in [1.165, 1.54) is 37.4 Å². The number of hydrogen-bond donors (Lipinski definition) is 2. The maximum atomic E-state index is 14.1. The standard InChI is InChI=1S/C19H20F3N3O3/c1-4-28-17(27)18(19(20,21)22,24-15-11-13(3)8-9-23-15)25-16(26)14-7-5-6-12(2)10-14/h5-11H,4H2,1-3H3,(H,23,24)(H,25,26)/p+1/t18-/m1/s1. The molecule has 9 heteroatoms. The van der Waals surface area contributed by atoms with Gasteiger partial charge in [0.25, 0.3) is 11.7 Å². The van der Waals surface area contributed by atoms with Crippen LogP contribution in [0, 0.1) is 13.8 Å². The first-order valence-corrected chi connectivity index (χ1v) is 8.48. The van der Waals surface area contributed by atoms with E-state index in [0.29, 0.717) is 11.1 Å².